The Hall–Kier alpha value is -3.81. The second-order valence-corrected chi connectivity index (χ2v) is 8.33. The molecule has 0 saturated carbocycles. The number of ether oxygens (including phenoxy) is 2. The highest BCUT2D eigenvalue weighted by Gasteiger charge is 2.27. The number of carbonyl (C=O) groups excluding carboxylic acids is 1. The van der Waals surface area contributed by atoms with Crippen molar-refractivity contribution in [2.45, 2.75) is 19.8 Å². The molecular formula is C24H23N5O3. The molecule has 0 radical (unpaired) electrons. The van der Waals surface area contributed by atoms with Crippen LogP contribution in [0, 0.1) is 12.8 Å². The Labute approximate surface area is 184 Å². The van der Waals surface area contributed by atoms with Gasteiger partial charge in [0, 0.05) is 42.2 Å². The number of hydrogen-bond acceptors (Lipinski definition) is 6. The van der Waals surface area contributed by atoms with E-state index in [9.17, 15) is 4.79 Å². The van der Waals surface area contributed by atoms with Crippen LogP contribution in [0.3, 0.4) is 0 Å². The molecule has 0 spiro atoms. The van der Waals surface area contributed by atoms with Crippen LogP contribution in [0.5, 0.6) is 11.5 Å². The monoisotopic (exact) mass is 429 g/mol. The van der Waals surface area contributed by atoms with E-state index in [0.29, 0.717) is 11.5 Å². The number of benzene rings is 2. The van der Waals surface area contributed by atoms with Crippen LogP contribution in [0.25, 0.3) is 16.6 Å². The van der Waals surface area contributed by atoms with Crippen LogP contribution < -0.4 is 19.7 Å². The molecule has 2 aliphatic rings. The molecule has 1 saturated heterocycles. The number of carbonyl (C=O) groups is 1. The number of hydrogen-bond donors (Lipinski definition) is 1. The highest BCUT2D eigenvalue weighted by Crippen LogP contribution is 2.35. The number of aryl methyl sites for hydroxylation is 1. The third kappa shape index (κ3) is 3.19. The second kappa shape index (κ2) is 7.40. The summed E-state index contributed by atoms with van der Waals surface area (Å²) in [4.78, 5) is 20.1. The average molecular weight is 429 g/mol. The Morgan fingerprint density at radius 3 is 2.75 bits per heavy atom. The lowest BCUT2D eigenvalue weighted by Gasteiger charge is -2.32. The van der Waals surface area contributed by atoms with Gasteiger partial charge in [0.05, 0.1) is 11.2 Å². The SMILES string of the molecule is Cc1cc2nc(N3CCC(C(=O)Nc4ccc5c(c4)OCO5)CC3)c3ccccc3n2n1. The Bertz CT molecular complexity index is 1340. The molecule has 32 heavy (non-hydrogen) atoms. The Balaban J connectivity index is 1.20. The van der Waals surface area contributed by atoms with E-state index in [0.717, 1.165) is 59.7 Å². The van der Waals surface area contributed by atoms with E-state index < -0.39 is 0 Å². The first-order valence-electron chi connectivity index (χ1n) is 10.9. The lowest BCUT2D eigenvalue weighted by atomic mass is 9.95. The summed E-state index contributed by atoms with van der Waals surface area (Å²) >= 11 is 0. The normalized spacial score (nSPS) is 16.1. The first-order valence-corrected chi connectivity index (χ1v) is 10.9. The van der Waals surface area contributed by atoms with Gasteiger partial charge in [0.25, 0.3) is 0 Å². The molecular weight excluding hydrogens is 406 g/mol. The van der Waals surface area contributed by atoms with Gasteiger partial charge in [-0.15, -0.1) is 0 Å². The molecule has 2 aliphatic heterocycles. The molecule has 8 heteroatoms. The average Bonchev–Trinajstić information content (AvgIpc) is 3.44. The van der Waals surface area contributed by atoms with Crippen molar-refractivity contribution in [3.05, 3.63) is 54.2 Å². The fourth-order valence-electron chi connectivity index (χ4n) is 4.57. The molecule has 4 aromatic rings. The van der Waals surface area contributed by atoms with Gasteiger partial charge in [0.2, 0.25) is 12.7 Å². The van der Waals surface area contributed by atoms with Crippen LogP contribution in [-0.2, 0) is 4.79 Å². The molecule has 1 fully saturated rings. The van der Waals surface area contributed by atoms with Crippen LogP contribution in [0.15, 0.2) is 48.5 Å². The second-order valence-electron chi connectivity index (χ2n) is 8.33. The smallest absolute Gasteiger partial charge is 0.231 e. The summed E-state index contributed by atoms with van der Waals surface area (Å²) in [6.07, 6.45) is 1.55. The molecule has 0 aliphatic carbocycles. The first kappa shape index (κ1) is 18.9. The van der Waals surface area contributed by atoms with Crippen molar-refractivity contribution in [1.82, 2.24) is 14.6 Å². The number of nitrogens with zero attached hydrogens (tertiary/aromatic N) is 4. The maximum Gasteiger partial charge on any atom is 0.231 e. The maximum absolute atomic E-state index is 12.9. The molecule has 2 aromatic carbocycles. The first-order chi connectivity index (χ1) is 15.7. The van der Waals surface area contributed by atoms with Crippen molar-refractivity contribution >= 4 is 34.0 Å². The highest BCUT2D eigenvalue weighted by atomic mass is 16.7. The van der Waals surface area contributed by atoms with Crippen molar-refractivity contribution in [1.29, 1.82) is 0 Å². The zero-order valence-electron chi connectivity index (χ0n) is 17.7. The molecule has 1 amide bonds. The minimum absolute atomic E-state index is 0.0381. The number of aromatic nitrogens is 3. The predicted octanol–water partition coefficient (Wildman–Crippen LogP) is 3.77. The molecule has 0 unspecified atom stereocenters. The quantitative estimate of drug-likeness (QED) is 0.534. The molecule has 0 bridgehead atoms. The van der Waals surface area contributed by atoms with E-state index in [2.05, 4.69) is 27.4 Å². The standard InChI is InChI=1S/C24H23N5O3/c1-15-12-22-26-23(18-4-2-3-5-19(18)29(22)27-15)28-10-8-16(9-11-28)24(30)25-17-6-7-20-21(13-17)32-14-31-20/h2-7,12-13,16H,8-11,14H2,1H3,(H,25,30). The lowest BCUT2D eigenvalue weighted by Crippen LogP contribution is -2.38. The lowest BCUT2D eigenvalue weighted by molar-refractivity contribution is -0.120. The van der Waals surface area contributed by atoms with Gasteiger partial charge in [0.15, 0.2) is 17.1 Å². The minimum Gasteiger partial charge on any atom is -0.454 e. The predicted molar refractivity (Wildman–Crippen MR) is 121 cm³/mol. The van der Waals surface area contributed by atoms with Crippen LogP contribution in [0.2, 0.25) is 0 Å². The largest absolute Gasteiger partial charge is 0.454 e. The summed E-state index contributed by atoms with van der Waals surface area (Å²) in [5.74, 6) is 2.34. The number of amides is 1. The third-order valence-electron chi connectivity index (χ3n) is 6.21. The topological polar surface area (TPSA) is 81.0 Å². The zero-order valence-corrected chi connectivity index (χ0v) is 17.7. The molecule has 6 rings (SSSR count). The van der Waals surface area contributed by atoms with Crippen LogP contribution in [0.4, 0.5) is 11.5 Å². The van der Waals surface area contributed by atoms with Gasteiger partial charge in [-0.25, -0.2) is 9.50 Å². The zero-order chi connectivity index (χ0) is 21.7. The van der Waals surface area contributed by atoms with Crippen LogP contribution in [0.1, 0.15) is 18.5 Å². The van der Waals surface area contributed by atoms with Gasteiger partial charge in [-0.3, -0.25) is 4.79 Å². The molecule has 1 N–H and O–H groups in total. The van der Waals surface area contributed by atoms with E-state index in [1.165, 1.54) is 0 Å². The number of fused-ring (bicyclic) bond motifs is 4. The molecule has 8 nitrogen and oxygen atoms in total. The summed E-state index contributed by atoms with van der Waals surface area (Å²) in [6.45, 7) is 3.75. The third-order valence-corrected chi connectivity index (χ3v) is 6.21. The summed E-state index contributed by atoms with van der Waals surface area (Å²) in [7, 11) is 0. The number of nitrogens with one attached hydrogen (secondary N) is 1. The summed E-state index contributed by atoms with van der Waals surface area (Å²) in [6, 6.07) is 15.7. The van der Waals surface area contributed by atoms with Crippen LogP contribution in [-0.4, -0.2) is 40.4 Å². The van der Waals surface area contributed by atoms with E-state index in [4.69, 9.17) is 14.5 Å². The summed E-state index contributed by atoms with van der Waals surface area (Å²) < 4.78 is 12.6. The number of anilines is 2. The van der Waals surface area contributed by atoms with Gasteiger partial charge >= 0.3 is 0 Å². The van der Waals surface area contributed by atoms with Crippen molar-refractivity contribution in [3.8, 4) is 11.5 Å². The van der Waals surface area contributed by atoms with Crippen molar-refractivity contribution in [2.75, 3.05) is 30.1 Å². The van der Waals surface area contributed by atoms with E-state index in [-0.39, 0.29) is 18.6 Å². The van der Waals surface area contributed by atoms with E-state index in [1.807, 2.05) is 47.8 Å². The number of piperidine rings is 1. The van der Waals surface area contributed by atoms with Crippen molar-refractivity contribution in [3.63, 3.8) is 0 Å². The molecule has 162 valence electrons. The van der Waals surface area contributed by atoms with Gasteiger partial charge < -0.3 is 19.7 Å². The van der Waals surface area contributed by atoms with E-state index >= 15 is 0 Å². The van der Waals surface area contributed by atoms with Crippen molar-refractivity contribution in [2.24, 2.45) is 5.92 Å². The van der Waals surface area contributed by atoms with Gasteiger partial charge in [-0.05, 0) is 44.0 Å². The molecule has 2 aromatic heterocycles. The fourth-order valence-corrected chi connectivity index (χ4v) is 4.57. The Morgan fingerprint density at radius 2 is 1.88 bits per heavy atom. The van der Waals surface area contributed by atoms with Crippen molar-refractivity contribution < 1.29 is 14.3 Å². The Morgan fingerprint density at radius 1 is 1.06 bits per heavy atom. The minimum atomic E-state index is -0.0381. The maximum atomic E-state index is 12.9. The Kier molecular flexibility index (Phi) is 4.38. The van der Waals surface area contributed by atoms with E-state index in [1.54, 1.807) is 0 Å². The fraction of sp³-hybridized carbons (Fsp3) is 0.292. The number of para-hydroxylation sites is 1. The summed E-state index contributed by atoms with van der Waals surface area (Å²) in [5.41, 5.74) is 3.57. The molecule has 0 atom stereocenters. The van der Waals surface area contributed by atoms with Gasteiger partial charge in [-0.2, -0.15) is 5.10 Å². The van der Waals surface area contributed by atoms with Gasteiger partial charge in [0.1, 0.15) is 5.82 Å². The molecule has 4 heterocycles. The van der Waals surface area contributed by atoms with Crippen LogP contribution >= 0.6 is 0 Å². The van der Waals surface area contributed by atoms with Gasteiger partial charge in [-0.1, -0.05) is 12.1 Å². The summed E-state index contributed by atoms with van der Waals surface area (Å²) in [5, 5.41) is 8.70. The number of rotatable bonds is 3. The highest BCUT2D eigenvalue weighted by molar-refractivity contribution is 5.94.